The molecular weight excluding hydrogens is 438 g/mol. The van der Waals surface area contributed by atoms with Crippen LogP contribution in [0.15, 0.2) is 78.9 Å². The standard InChI is InChI=1S/C29H33N3O3/c1-32-19-26(27(20-32)29(34)30-16-15-21-11-13-25(35-2)14-12-21)24-10-6-7-22(17-24)18-31-28(33)23-8-4-3-5-9-23/h3-14,17,26-27H,15-16,18-20H2,1-2H3,(H,30,34)(H,31,33). The third kappa shape index (κ3) is 6.49. The Balaban J connectivity index is 1.35. The fourth-order valence-electron chi connectivity index (χ4n) is 4.66. The van der Waals surface area contributed by atoms with Gasteiger partial charge in [-0.05, 0) is 54.4 Å². The lowest BCUT2D eigenvalue weighted by Gasteiger charge is -2.19. The second-order valence-corrected chi connectivity index (χ2v) is 9.12. The van der Waals surface area contributed by atoms with Crippen molar-refractivity contribution in [3.63, 3.8) is 0 Å². The van der Waals surface area contributed by atoms with E-state index < -0.39 is 0 Å². The van der Waals surface area contributed by atoms with Gasteiger partial charge in [0.2, 0.25) is 5.91 Å². The first-order valence-electron chi connectivity index (χ1n) is 12.0. The highest BCUT2D eigenvalue weighted by molar-refractivity contribution is 5.94. The number of likely N-dealkylation sites (N-methyl/N-ethyl adjacent to an activating group) is 1. The molecule has 0 aliphatic carbocycles. The number of rotatable bonds is 9. The summed E-state index contributed by atoms with van der Waals surface area (Å²) in [5.41, 5.74) is 3.97. The number of nitrogens with zero attached hydrogens (tertiary/aromatic N) is 1. The summed E-state index contributed by atoms with van der Waals surface area (Å²) in [6.07, 6.45) is 0.777. The lowest BCUT2D eigenvalue weighted by molar-refractivity contribution is -0.124. The van der Waals surface area contributed by atoms with Crippen LogP contribution in [-0.2, 0) is 17.8 Å². The van der Waals surface area contributed by atoms with Crippen LogP contribution in [0.1, 0.15) is 33.0 Å². The number of ether oxygens (including phenoxy) is 1. The molecule has 1 heterocycles. The molecule has 2 atom stereocenters. The number of amides is 2. The SMILES string of the molecule is COc1ccc(CCNC(=O)C2CN(C)CC2c2cccc(CNC(=O)c3ccccc3)c2)cc1. The van der Waals surface area contributed by atoms with Gasteiger partial charge in [-0.3, -0.25) is 9.59 Å². The molecule has 3 aromatic carbocycles. The Morgan fingerprint density at radius 3 is 2.43 bits per heavy atom. The quantitative estimate of drug-likeness (QED) is 0.500. The van der Waals surface area contributed by atoms with Crippen LogP contribution in [-0.4, -0.2) is 50.5 Å². The molecule has 1 saturated heterocycles. The number of benzene rings is 3. The van der Waals surface area contributed by atoms with Crippen molar-refractivity contribution < 1.29 is 14.3 Å². The van der Waals surface area contributed by atoms with Gasteiger partial charge in [0.15, 0.2) is 0 Å². The fraction of sp³-hybridized carbons (Fsp3) is 0.310. The normalized spacial score (nSPS) is 17.7. The molecule has 0 radical (unpaired) electrons. The largest absolute Gasteiger partial charge is 0.497 e. The molecule has 6 heteroatoms. The van der Waals surface area contributed by atoms with Crippen molar-refractivity contribution in [1.29, 1.82) is 0 Å². The zero-order valence-electron chi connectivity index (χ0n) is 20.4. The number of methoxy groups -OCH3 is 1. The molecular formula is C29H33N3O3. The minimum absolute atomic E-state index is 0.0919. The van der Waals surface area contributed by atoms with Crippen molar-refractivity contribution in [1.82, 2.24) is 15.5 Å². The zero-order chi connectivity index (χ0) is 24.6. The molecule has 2 N–H and O–H groups in total. The van der Waals surface area contributed by atoms with Crippen LogP contribution in [0.25, 0.3) is 0 Å². The molecule has 0 spiro atoms. The van der Waals surface area contributed by atoms with Crippen molar-refractivity contribution in [3.8, 4) is 5.75 Å². The van der Waals surface area contributed by atoms with E-state index in [9.17, 15) is 9.59 Å². The van der Waals surface area contributed by atoms with E-state index in [-0.39, 0.29) is 23.7 Å². The molecule has 0 bridgehead atoms. The number of likely N-dealkylation sites (tertiary alicyclic amines) is 1. The second-order valence-electron chi connectivity index (χ2n) is 9.12. The molecule has 6 nitrogen and oxygen atoms in total. The van der Waals surface area contributed by atoms with Crippen LogP contribution in [0.2, 0.25) is 0 Å². The van der Waals surface area contributed by atoms with E-state index in [1.165, 1.54) is 0 Å². The number of hydrogen-bond acceptors (Lipinski definition) is 4. The summed E-state index contributed by atoms with van der Waals surface area (Å²) in [4.78, 5) is 27.7. The van der Waals surface area contributed by atoms with E-state index in [1.54, 1.807) is 19.2 Å². The van der Waals surface area contributed by atoms with E-state index in [0.717, 1.165) is 42.0 Å². The van der Waals surface area contributed by atoms with E-state index >= 15 is 0 Å². The molecule has 4 rings (SSSR count). The highest BCUT2D eigenvalue weighted by atomic mass is 16.5. The summed E-state index contributed by atoms with van der Waals surface area (Å²) in [5.74, 6) is 0.841. The lowest BCUT2D eigenvalue weighted by Crippen LogP contribution is -2.35. The summed E-state index contributed by atoms with van der Waals surface area (Å²) in [6, 6.07) is 25.4. The molecule has 1 aliphatic heterocycles. The summed E-state index contributed by atoms with van der Waals surface area (Å²) < 4.78 is 5.20. The third-order valence-electron chi connectivity index (χ3n) is 6.58. The van der Waals surface area contributed by atoms with Crippen molar-refractivity contribution >= 4 is 11.8 Å². The van der Waals surface area contributed by atoms with Crippen LogP contribution in [0.5, 0.6) is 5.75 Å². The first-order valence-corrected chi connectivity index (χ1v) is 12.0. The Hall–Kier alpha value is -3.64. The van der Waals surface area contributed by atoms with Crippen molar-refractivity contribution in [3.05, 3.63) is 101 Å². The average Bonchev–Trinajstić information content (AvgIpc) is 3.30. The Labute approximate surface area is 207 Å². The van der Waals surface area contributed by atoms with E-state index in [4.69, 9.17) is 4.74 Å². The number of carbonyl (C=O) groups is 2. The molecule has 3 aromatic rings. The number of hydrogen-bond donors (Lipinski definition) is 2. The van der Waals surface area contributed by atoms with Crippen molar-refractivity contribution in [2.75, 3.05) is 33.8 Å². The van der Waals surface area contributed by atoms with Crippen LogP contribution >= 0.6 is 0 Å². The second kappa shape index (κ2) is 11.7. The highest BCUT2D eigenvalue weighted by Gasteiger charge is 2.36. The number of nitrogens with one attached hydrogen (secondary N) is 2. The number of carbonyl (C=O) groups excluding carboxylic acids is 2. The van der Waals surface area contributed by atoms with Gasteiger partial charge in [0.1, 0.15) is 5.75 Å². The fourth-order valence-corrected chi connectivity index (χ4v) is 4.66. The topological polar surface area (TPSA) is 70.7 Å². The van der Waals surface area contributed by atoms with Gasteiger partial charge in [-0.2, -0.15) is 0 Å². The van der Waals surface area contributed by atoms with Crippen molar-refractivity contribution in [2.45, 2.75) is 18.9 Å². The van der Waals surface area contributed by atoms with Crippen LogP contribution < -0.4 is 15.4 Å². The van der Waals surface area contributed by atoms with Crippen LogP contribution in [0.3, 0.4) is 0 Å². The molecule has 0 aromatic heterocycles. The van der Waals surface area contributed by atoms with E-state index in [0.29, 0.717) is 18.7 Å². The third-order valence-corrected chi connectivity index (χ3v) is 6.58. The van der Waals surface area contributed by atoms with Crippen LogP contribution in [0.4, 0.5) is 0 Å². The molecule has 35 heavy (non-hydrogen) atoms. The first-order chi connectivity index (χ1) is 17.0. The predicted octanol–water partition coefficient (Wildman–Crippen LogP) is 3.63. The predicted molar refractivity (Wildman–Crippen MR) is 137 cm³/mol. The average molecular weight is 472 g/mol. The van der Waals surface area contributed by atoms with Gasteiger partial charge < -0.3 is 20.3 Å². The Morgan fingerprint density at radius 1 is 0.914 bits per heavy atom. The molecule has 1 fully saturated rings. The molecule has 2 unspecified atom stereocenters. The van der Waals surface area contributed by atoms with Gasteiger partial charge in [-0.25, -0.2) is 0 Å². The Kier molecular flexibility index (Phi) is 8.16. The lowest BCUT2D eigenvalue weighted by atomic mass is 9.87. The van der Waals surface area contributed by atoms with E-state index in [2.05, 4.69) is 34.7 Å². The minimum Gasteiger partial charge on any atom is -0.497 e. The summed E-state index contributed by atoms with van der Waals surface area (Å²) in [7, 11) is 3.71. The van der Waals surface area contributed by atoms with Gasteiger partial charge in [-0.1, -0.05) is 54.6 Å². The maximum absolute atomic E-state index is 13.1. The van der Waals surface area contributed by atoms with Gasteiger partial charge in [0, 0.05) is 37.7 Å². The smallest absolute Gasteiger partial charge is 0.251 e. The molecule has 2 amide bonds. The van der Waals surface area contributed by atoms with Gasteiger partial charge in [0.05, 0.1) is 13.0 Å². The minimum atomic E-state index is -0.106. The van der Waals surface area contributed by atoms with Crippen molar-refractivity contribution in [2.24, 2.45) is 5.92 Å². The molecule has 1 aliphatic rings. The maximum Gasteiger partial charge on any atom is 0.251 e. The first kappa shape index (κ1) is 24.5. The van der Waals surface area contributed by atoms with Gasteiger partial charge in [-0.15, -0.1) is 0 Å². The zero-order valence-corrected chi connectivity index (χ0v) is 20.4. The Bertz CT molecular complexity index is 1130. The van der Waals surface area contributed by atoms with E-state index in [1.807, 2.05) is 54.6 Å². The van der Waals surface area contributed by atoms with Gasteiger partial charge in [0.25, 0.3) is 5.91 Å². The molecule has 182 valence electrons. The summed E-state index contributed by atoms with van der Waals surface area (Å²) in [6.45, 7) is 2.61. The van der Waals surface area contributed by atoms with Gasteiger partial charge >= 0.3 is 0 Å². The monoisotopic (exact) mass is 471 g/mol. The summed E-state index contributed by atoms with van der Waals surface area (Å²) in [5, 5.41) is 6.13. The maximum atomic E-state index is 13.1. The molecule has 0 saturated carbocycles. The van der Waals surface area contributed by atoms with Crippen LogP contribution in [0, 0.1) is 5.92 Å². The highest BCUT2D eigenvalue weighted by Crippen LogP contribution is 2.32. The summed E-state index contributed by atoms with van der Waals surface area (Å²) >= 11 is 0. The Morgan fingerprint density at radius 2 is 1.69 bits per heavy atom.